The number of carbonyl (C=O) groups excluding carboxylic acids is 1. The fourth-order valence-corrected chi connectivity index (χ4v) is 2.19. The lowest BCUT2D eigenvalue weighted by molar-refractivity contribution is -0.116. The van der Waals surface area contributed by atoms with Crippen LogP contribution in [0.2, 0.25) is 0 Å². The lowest BCUT2D eigenvalue weighted by atomic mass is 10.0. The summed E-state index contributed by atoms with van der Waals surface area (Å²) in [6.45, 7) is 8.13. The second-order valence-corrected chi connectivity index (χ2v) is 5.65. The Morgan fingerprint density at radius 3 is 2.40 bits per heavy atom. The number of amides is 1. The minimum Gasteiger partial charge on any atom is -0.395 e. The minimum absolute atomic E-state index is 0.000695. The lowest BCUT2D eigenvalue weighted by Crippen LogP contribution is -2.38. The van der Waals surface area contributed by atoms with E-state index in [9.17, 15) is 4.79 Å². The van der Waals surface area contributed by atoms with E-state index in [0.717, 1.165) is 11.3 Å². The van der Waals surface area contributed by atoms with Gasteiger partial charge in [0.25, 0.3) is 0 Å². The quantitative estimate of drug-likeness (QED) is 0.718. The van der Waals surface area contributed by atoms with Gasteiger partial charge in [-0.05, 0) is 31.4 Å². The Morgan fingerprint density at radius 2 is 1.80 bits per heavy atom. The molecule has 20 heavy (non-hydrogen) atoms. The number of benzene rings is 1. The summed E-state index contributed by atoms with van der Waals surface area (Å²) in [6, 6.07) is 7.91. The Hall–Kier alpha value is -1.39. The highest BCUT2D eigenvalue weighted by molar-refractivity contribution is 5.91. The molecule has 1 rings (SSSR count). The van der Waals surface area contributed by atoms with E-state index in [-0.39, 0.29) is 24.6 Å². The molecule has 0 radical (unpaired) electrons. The maximum atomic E-state index is 12.1. The van der Waals surface area contributed by atoms with E-state index < -0.39 is 0 Å². The topological polar surface area (TPSA) is 61.4 Å². The van der Waals surface area contributed by atoms with Crippen molar-refractivity contribution in [3.05, 3.63) is 29.8 Å². The van der Waals surface area contributed by atoms with Crippen LogP contribution in [0.25, 0.3) is 0 Å². The number of aliphatic hydroxyl groups is 1. The number of para-hydroxylation sites is 1. The number of hydrogen-bond acceptors (Lipinski definition) is 3. The third kappa shape index (κ3) is 5.31. The van der Waals surface area contributed by atoms with Crippen LogP contribution in [0, 0.1) is 0 Å². The van der Waals surface area contributed by atoms with E-state index in [1.54, 1.807) is 0 Å². The zero-order valence-electron chi connectivity index (χ0n) is 12.8. The molecule has 1 unspecified atom stereocenters. The van der Waals surface area contributed by atoms with Crippen molar-refractivity contribution in [2.75, 3.05) is 11.9 Å². The first-order valence-corrected chi connectivity index (χ1v) is 7.19. The second-order valence-electron chi connectivity index (χ2n) is 5.65. The zero-order chi connectivity index (χ0) is 15.1. The Balaban J connectivity index is 2.58. The van der Waals surface area contributed by atoms with Crippen LogP contribution in [0.5, 0.6) is 0 Å². The lowest BCUT2D eigenvalue weighted by Gasteiger charge is -2.19. The molecule has 0 saturated carbocycles. The second kappa shape index (κ2) is 8.02. The summed E-state index contributed by atoms with van der Waals surface area (Å²) in [5.41, 5.74) is 2.03. The summed E-state index contributed by atoms with van der Waals surface area (Å²) in [5.74, 6) is 0.361. The molecule has 0 saturated heterocycles. The van der Waals surface area contributed by atoms with Crippen molar-refractivity contribution in [2.45, 2.75) is 52.1 Å². The normalized spacial score (nSPS) is 14.1. The number of rotatable bonds is 7. The number of carbonyl (C=O) groups is 1. The van der Waals surface area contributed by atoms with Crippen molar-refractivity contribution in [2.24, 2.45) is 0 Å². The van der Waals surface area contributed by atoms with Gasteiger partial charge >= 0.3 is 0 Å². The molecule has 0 aliphatic carbocycles. The van der Waals surface area contributed by atoms with Gasteiger partial charge in [-0.1, -0.05) is 32.0 Å². The molecule has 0 spiro atoms. The van der Waals surface area contributed by atoms with Crippen molar-refractivity contribution >= 4 is 11.6 Å². The first kappa shape index (κ1) is 16.7. The van der Waals surface area contributed by atoms with Crippen LogP contribution >= 0.6 is 0 Å². The molecule has 0 fully saturated rings. The third-order valence-corrected chi connectivity index (χ3v) is 3.19. The monoisotopic (exact) mass is 278 g/mol. The smallest absolute Gasteiger partial charge is 0.225 e. The van der Waals surface area contributed by atoms with Crippen LogP contribution in [-0.2, 0) is 4.79 Å². The van der Waals surface area contributed by atoms with Gasteiger partial charge in [0, 0.05) is 24.2 Å². The van der Waals surface area contributed by atoms with Crippen LogP contribution in [0.3, 0.4) is 0 Å². The van der Waals surface area contributed by atoms with E-state index in [1.165, 1.54) is 0 Å². The third-order valence-electron chi connectivity index (χ3n) is 3.19. The Kier molecular flexibility index (Phi) is 6.68. The van der Waals surface area contributed by atoms with Gasteiger partial charge in [0.15, 0.2) is 0 Å². The van der Waals surface area contributed by atoms with E-state index in [2.05, 4.69) is 24.5 Å². The van der Waals surface area contributed by atoms with Crippen LogP contribution < -0.4 is 10.6 Å². The van der Waals surface area contributed by atoms with Crippen molar-refractivity contribution in [3.8, 4) is 0 Å². The van der Waals surface area contributed by atoms with E-state index in [0.29, 0.717) is 12.3 Å². The Bertz CT molecular complexity index is 432. The van der Waals surface area contributed by atoms with Crippen LogP contribution in [0.15, 0.2) is 24.3 Å². The molecular weight excluding hydrogens is 252 g/mol. The fourth-order valence-electron chi connectivity index (χ4n) is 2.19. The van der Waals surface area contributed by atoms with Gasteiger partial charge in [0.2, 0.25) is 5.91 Å². The number of nitrogens with one attached hydrogen (secondary N) is 2. The van der Waals surface area contributed by atoms with Crippen LogP contribution in [-0.4, -0.2) is 29.7 Å². The molecule has 0 heterocycles. The zero-order valence-corrected chi connectivity index (χ0v) is 12.8. The highest BCUT2D eigenvalue weighted by Gasteiger charge is 2.13. The average molecular weight is 278 g/mol. The molecule has 4 nitrogen and oxygen atoms in total. The molecule has 1 amide bonds. The predicted molar refractivity (Wildman–Crippen MR) is 82.9 cm³/mol. The molecule has 4 heteroatoms. The molecule has 0 aliphatic rings. The summed E-state index contributed by atoms with van der Waals surface area (Å²) in [7, 11) is 0. The van der Waals surface area contributed by atoms with Crippen LogP contribution in [0.4, 0.5) is 5.69 Å². The van der Waals surface area contributed by atoms with Gasteiger partial charge in [0.1, 0.15) is 0 Å². The molecule has 0 bridgehead atoms. The molecule has 0 aromatic heterocycles. The molecule has 1 aromatic carbocycles. The molecule has 0 aliphatic heterocycles. The van der Waals surface area contributed by atoms with Crippen LogP contribution in [0.1, 0.15) is 45.6 Å². The summed E-state index contributed by atoms with van der Waals surface area (Å²) in [6.07, 6.45) is 0.386. The highest BCUT2D eigenvalue weighted by atomic mass is 16.3. The summed E-state index contributed by atoms with van der Waals surface area (Å²) in [4.78, 5) is 12.1. The van der Waals surface area contributed by atoms with Gasteiger partial charge < -0.3 is 15.7 Å². The van der Waals surface area contributed by atoms with Crippen molar-refractivity contribution in [3.63, 3.8) is 0 Å². The first-order chi connectivity index (χ1) is 9.43. The Labute approximate surface area is 121 Å². The summed E-state index contributed by atoms with van der Waals surface area (Å²) < 4.78 is 0. The molecule has 2 atom stereocenters. The molecule has 112 valence electrons. The van der Waals surface area contributed by atoms with Gasteiger partial charge in [-0.15, -0.1) is 0 Å². The minimum atomic E-state index is -0.0109. The SMILES string of the molecule is CC(CC(=O)Nc1ccccc1C(C)C)N[C@H](C)CO. The number of anilines is 1. The number of aliphatic hydroxyl groups excluding tert-OH is 1. The molecule has 1 aromatic rings. The first-order valence-electron chi connectivity index (χ1n) is 7.19. The molecule has 3 N–H and O–H groups in total. The highest BCUT2D eigenvalue weighted by Crippen LogP contribution is 2.23. The summed E-state index contributed by atoms with van der Waals surface area (Å²) in [5, 5.41) is 15.1. The van der Waals surface area contributed by atoms with Gasteiger partial charge in [-0.3, -0.25) is 4.79 Å². The van der Waals surface area contributed by atoms with E-state index in [4.69, 9.17) is 5.11 Å². The maximum absolute atomic E-state index is 12.1. The largest absolute Gasteiger partial charge is 0.395 e. The van der Waals surface area contributed by atoms with Crippen molar-refractivity contribution in [1.29, 1.82) is 0 Å². The average Bonchev–Trinajstić information content (AvgIpc) is 2.38. The Morgan fingerprint density at radius 1 is 1.15 bits per heavy atom. The van der Waals surface area contributed by atoms with Crippen molar-refractivity contribution in [1.82, 2.24) is 5.32 Å². The summed E-state index contributed by atoms with van der Waals surface area (Å²) >= 11 is 0. The standard InChI is InChI=1S/C16H26N2O2/c1-11(2)14-7-5-6-8-15(14)18-16(20)9-12(3)17-13(4)10-19/h5-8,11-13,17,19H,9-10H2,1-4H3,(H,18,20)/t12?,13-/m1/s1. The predicted octanol–water partition coefficient (Wildman–Crippen LogP) is 2.50. The van der Waals surface area contributed by atoms with E-state index >= 15 is 0 Å². The van der Waals surface area contributed by atoms with Gasteiger partial charge in [0.05, 0.1) is 6.61 Å². The molecular formula is C16H26N2O2. The number of hydrogen-bond donors (Lipinski definition) is 3. The van der Waals surface area contributed by atoms with E-state index in [1.807, 2.05) is 38.1 Å². The van der Waals surface area contributed by atoms with Crippen molar-refractivity contribution < 1.29 is 9.90 Å². The fraction of sp³-hybridized carbons (Fsp3) is 0.562. The maximum Gasteiger partial charge on any atom is 0.225 e. The van der Waals surface area contributed by atoms with Gasteiger partial charge in [-0.2, -0.15) is 0 Å². The van der Waals surface area contributed by atoms with Gasteiger partial charge in [-0.25, -0.2) is 0 Å².